The summed E-state index contributed by atoms with van der Waals surface area (Å²) in [5.74, 6) is 0.721. The van der Waals surface area contributed by atoms with E-state index in [1.165, 1.54) is 25.3 Å². The number of rotatable bonds is 5. The largest absolute Gasteiger partial charge is 0.497 e. The Labute approximate surface area is 137 Å². The molecule has 0 bridgehead atoms. The van der Waals surface area contributed by atoms with Gasteiger partial charge >= 0.3 is 0 Å². The van der Waals surface area contributed by atoms with Crippen LogP contribution in [0.2, 0.25) is 0 Å². The van der Waals surface area contributed by atoms with Gasteiger partial charge in [-0.25, -0.2) is 4.39 Å². The number of benzene rings is 1. The van der Waals surface area contributed by atoms with Crippen LogP contribution in [-0.2, 0) is 4.79 Å². The van der Waals surface area contributed by atoms with Gasteiger partial charge in [-0.1, -0.05) is 6.92 Å². The predicted molar refractivity (Wildman–Crippen MR) is 88.2 cm³/mol. The van der Waals surface area contributed by atoms with Crippen LogP contribution in [0, 0.1) is 17.7 Å². The quantitative estimate of drug-likeness (QED) is 0.871. The van der Waals surface area contributed by atoms with E-state index < -0.39 is 5.82 Å². The predicted octanol–water partition coefficient (Wildman–Crippen LogP) is 3.22. The van der Waals surface area contributed by atoms with Crippen molar-refractivity contribution in [2.75, 3.05) is 25.5 Å². The van der Waals surface area contributed by atoms with E-state index in [0.29, 0.717) is 18.1 Å². The molecule has 0 aromatic heterocycles. The van der Waals surface area contributed by atoms with Crippen LogP contribution in [0.25, 0.3) is 0 Å². The second kappa shape index (κ2) is 8.96. The fourth-order valence-corrected chi connectivity index (χ4v) is 2.75. The van der Waals surface area contributed by atoms with Gasteiger partial charge < -0.3 is 15.4 Å². The minimum absolute atomic E-state index is 0. The fourth-order valence-electron chi connectivity index (χ4n) is 2.75. The molecule has 0 aliphatic carbocycles. The second-order valence-electron chi connectivity index (χ2n) is 5.68. The molecule has 4 nitrogen and oxygen atoms in total. The molecule has 1 aliphatic heterocycles. The molecule has 0 radical (unpaired) electrons. The molecule has 2 unspecified atom stereocenters. The Morgan fingerprint density at radius 2 is 2.32 bits per heavy atom. The Kier molecular flexibility index (Phi) is 7.62. The van der Waals surface area contributed by atoms with Crippen molar-refractivity contribution in [2.45, 2.75) is 26.2 Å². The van der Waals surface area contributed by atoms with Crippen LogP contribution < -0.4 is 15.4 Å². The third-order valence-corrected chi connectivity index (χ3v) is 4.09. The average molecular weight is 331 g/mol. The van der Waals surface area contributed by atoms with E-state index >= 15 is 0 Å². The van der Waals surface area contributed by atoms with Gasteiger partial charge in [0.15, 0.2) is 0 Å². The van der Waals surface area contributed by atoms with Crippen molar-refractivity contribution >= 4 is 24.0 Å². The maximum atomic E-state index is 13.7. The zero-order valence-corrected chi connectivity index (χ0v) is 13.8. The third-order valence-electron chi connectivity index (χ3n) is 4.09. The molecular formula is C16H24ClFN2O2. The standard InChI is InChI=1S/C16H23FN2O2.ClH/c1-11(12-4-3-7-18-10-12)8-16(20)19-15-9-13(21-2)5-6-14(15)17;/h5-6,9,11-12,18H,3-4,7-8,10H2,1-2H3,(H,19,20);1H. The van der Waals surface area contributed by atoms with Gasteiger partial charge in [-0.05, 0) is 49.9 Å². The van der Waals surface area contributed by atoms with E-state index in [4.69, 9.17) is 4.74 Å². The Morgan fingerprint density at radius 1 is 1.55 bits per heavy atom. The van der Waals surface area contributed by atoms with Gasteiger partial charge in [0.2, 0.25) is 5.91 Å². The number of ether oxygens (including phenoxy) is 1. The van der Waals surface area contributed by atoms with E-state index in [0.717, 1.165) is 25.9 Å². The molecule has 2 rings (SSSR count). The summed E-state index contributed by atoms with van der Waals surface area (Å²) in [5, 5.41) is 6.00. The second-order valence-corrected chi connectivity index (χ2v) is 5.68. The molecule has 0 spiro atoms. The van der Waals surface area contributed by atoms with Crippen molar-refractivity contribution in [3.63, 3.8) is 0 Å². The first-order valence-corrected chi connectivity index (χ1v) is 7.44. The number of carbonyl (C=O) groups is 1. The lowest BCUT2D eigenvalue weighted by molar-refractivity contribution is -0.117. The molecular weight excluding hydrogens is 307 g/mol. The van der Waals surface area contributed by atoms with Crippen molar-refractivity contribution in [1.29, 1.82) is 0 Å². The molecule has 2 N–H and O–H groups in total. The minimum atomic E-state index is -0.448. The number of carbonyl (C=O) groups excluding carboxylic acids is 1. The lowest BCUT2D eigenvalue weighted by atomic mass is 9.85. The van der Waals surface area contributed by atoms with E-state index in [1.807, 2.05) is 0 Å². The van der Waals surface area contributed by atoms with Crippen LogP contribution in [0.4, 0.5) is 10.1 Å². The molecule has 1 fully saturated rings. The lowest BCUT2D eigenvalue weighted by Gasteiger charge is -2.28. The summed E-state index contributed by atoms with van der Waals surface area (Å²) >= 11 is 0. The molecule has 0 saturated carbocycles. The van der Waals surface area contributed by atoms with Crippen LogP contribution in [-0.4, -0.2) is 26.1 Å². The summed E-state index contributed by atoms with van der Waals surface area (Å²) < 4.78 is 18.7. The molecule has 22 heavy (non-hydrogen) atoms. The zero-order valence-electron chi connectivity index (χ0n) is 13.0. The van der Waals surface area contributed by atoms with Gasteiger partial charge in [-0.15, -0.1) is 12.4 Å². The average Bonchev–Trinajstić information content (AvgIpc) is 2.50. The molecule has 1 aliphatic rings. The van der Waals surface area contributed by atoms with Crippen molar-refractivity contribution in [3.05, 3.63) is 24.0 Å². The van der Waals surface area contributed by atoms with E-state index in [-0.39, 0.29) is 29.9 Å². The summed E-state index contributed by atoms with van der Waals surface area (Å²) in [6.45, 7) is 4.10. The normalized spacial score (nSPS) is 19.0. The van der Waals surface area contributed by atoms with Gasteiger partial charge in [0.25, 0.3) is 0 Å². The van der Waals surface area contributed by atoms with Crippen LogP contribution in [0.5, 0.6) is 5.75 Å². The SMILES string of the molecule is COc1ccc(F)c(NC(=O)CC(C)C2CCCNC2)c1.Cl. The van der Waals surface area contributed by atoms with Gasteiger partial charge in [0.05, 0.1) is 12.8 Å². The lowest BCUT2D eigenvalue weighted by Crippen LogP contribution is -2.34. The molecule has 124 valence electrons. The monoisotopic (exact) mass is 330 g/mol. The van der Waals surface area contributed by atoms with Crippen LogP contribution in [0.3, 0.4) is 0 Å². The van der Waals surface area contributed by atoms with Crippen molar-refractivity contribution < 1.29 is 13.9 Å². The Morgan fingerprint density at radius 3 is 2.95 bits per heavy atom. The zero-order chi connectivity index (χ0) is 15.2. The highest BCUT2D eigenvalue weighted by molar-refractivity contribution is 5.91. The number of hydrogen-bond donors (Lipinski definition) is 2. The maximum Gasteiger partial charge on any atom is 0.224 e. The highest BCUT2D eigenvalue weighted by Gasteiger charge is 2.22. The van der Waals surface area contributed by atoms with Gasteiger partial charge in [0.1, 0.15) is 11.6 Å². The van der Waals surface area contributed by atoms with Crippen LogP contribution in [0.15, 0.2) is 18.2 Å². The number of halogens is 2. The van der Waals surface area contributed by atoms with Crippen molar-refractivity contribution in [2.24, 2.45) is 11.8 Å². The van der Waals surface area contributed by atoms with E-state index in [2.05, 4.69) is 17.6 Å². The molecule has 6 heteroatoms. The summed E-state index contributed by atoms with van der Waals surface area (Å²) in [4.78, 5) is 12.1. The third kappa shape index (κ3) is 5.14. The fraction of sp³-hybridized carbons (Fsp3) is 0.562. The van der Waals surface area contributed by atoms with Crippen LogP contribution in [0.1, 0.15) is 26.2 Å². The molecule has 1 aromatic rings. The highest BCUT2D eigenvalue weighted by Crippen LogP contribution is 2.25. The van der Waals surface area contributed by atoms with Gasteiger partial charge in [-0.3, -0.25) is 4.79 Å². The van der Waals surface area contributed by atoms with Gasteiger partial charge in [-0.2, -0.15) is 0 Å². The number of amides is 1. The molecule has 2 atom stereocenters. The van der Waals surface area contributed by atoms with E-state index in [1.54, 1.807) is 0 Å². The smallest absolute Gasteiger partial charge is 0.224 e. The number of nitrogens with one attached hydrogen (secondary N) is 2. The number of piperidine rings is 1. The maximum absolute atomic E-state index is 13.7. The summed E-state index contributed by atoms with van der Waals surface area (Å²) in [6.07, 6.45) is 2.71. The Hall–Kier alpha value is -1.33. The first-order chi connectivity index (χ1) is 10.1. The van der Waals surface area contributed by atoms with Crippen molar-refractivity contribution in [1.82, 2.24) is 5.32 Å². The van der Waals surface area contributed by atoms with Gasteiger partial charge in [0, 0.05) is 12.5 Å². The first kappa shape index (κ1) is 18.7. The summed E-state index contributed by atoms with van der Waals surface area (Å²) in [7, 11) is 1.51. The van der Waals surface area contributed by atoms with E-state index in [9.17, 15) is 9.18 Å². The molecule has 1 amide bonds. The minimum Gasteiger partial charge on any atom is -0.497 e. The summed E-state index contributed by atoms with van der Waals surface area (Å²) in [6, 6.07) is 4.32. The number of methoxy groups -OCH3 is 1. The van der Waals surface area contributed by atoms with Crippen LogP contribution >= 0.6 is 12.4 Å². The highest BCUT2D eigenvalue weighted by atomic mass is 35.5. The Bertz CT molecular complexity index is 493. The molecule has 1 saturated heterocycles. The van der Waals surface area contributed by atoms with Crippen molar-refractivity contribution in [3.8, 4) is 5.75 Å². The number of hydrogen-bond acceptors (Lipinski definition) is 3. The first-order valence-electron chi connectivity index (χ1n) is 7.44. The summed E-state index contributed by atoms with van der Waals surface area (Å²) in [5.41, 5.74) is 0.174. The molecule has 1 heterocycles. The number of anilines is 1. The topological polar surface area (TPSA) is 50.4 Å². The Balaban J connectivity index is 0.00000242. The molecule has 1 aromatic carbocycles.